The monoisotopic (exact) mass is 377 g/mol. The summed E-state index contributed by atoms with van der Waals surface area (Å²) in [5.74, 6) is -1.37. The van der Waals surface area contributed by atoms with Crippen LogP contribution in [-0.2, 0) is 21.2 Å². The van der Waals surface area contributed by atoms with E-state index in [1.54, 1.807) is 12.1 Å². The molecule has 1 atom stereocenters. The number of nitrogens with zero attached hydrogens (tertiary/aromatic N) is 1. The molecule has 0 saturated carbocycles. The van der Waals surface area contributed by atoms with Crippen LogP contribution < -0.4 is 0 Å². The fraction of sp³-hybridized carbons (Fsp3) is 0.316. The Kier molecular flexibility index (Phi) is 5.38. The van der Waals surface area contributed by atoms with E-state index in [9.17, 15) is 17.6 Å². The molecule has 1 fully saturated rings. The molecule has 0 spiro atoms. The number of carboxylic acids is 1. The highest BCUT2D eigenvalue weighted by molar-refractivity contribution is 7.89. The smallest absolute Gasteiger partial charge is 0.307 e. The van der Waals surface area contributed by atoms with Crippen molar-refractivity contribution in [2.75, 3.05) is 13.1 Å². The van der Waals surface area contributed by atoms with Crippen LogP contribution in [0.4, 0.5) is 4.39 Å². The second kappa shape index (κ2) is 7.55. The minimum absolute atomic E-state index is 0.00715. The highest BCUT2D eigenvalue weighted by Gasteiger charge is 2.31. The Morgan fingerprint density at radius 1 is 1.19 bits per heavy atom. The molecule has 0 radical (unpaired) electrons. The number of halogens is 1. The fourth-order valence-electron chi connectivity index (χ4n) is 3.32. The molecule has 1 aliphatic rings. The largest absolute Gasteiger partial charge is 0.481 e. The van der Waals surface area contributed by atoms with Gasteiger partial charge in [0.05, 0.1) is 11.3 Å². The quantitative estimate of drug-likeness (QED) is 0.869. The summed E-state index contributed by atoms with van der Waals surface area (Å²) in [5, 5.41) is 8.95. The number of hydrogen-bond acceptors (Lipinski definition) is 3. The number of aliphatic carboxylic acids is 1. The van der Waals surface area contributed by atoms with Gasteiger partial charge in [-0.3, -0.25) is 4.79 Å². The van der Waals surface area contributed by atoms with Crippen LogP contribution in [0.25, 0.3) is 0 Å². The summed E-state index contributed by atoms with van der Waals surface area (Å²) in [7, 11) is -3.68. The first-order valence-corrected chi connectivity index (χ1v) is 9.86. The molecular formula is C19H20FNO4S. The Bertz CT molecular complexity index is 896. The van der Waals surface area contributed by atoms with Gasteiger partial charge in [-0.2, -0.15) is 4.31 Å². The Morgan fingerprint density at radius 3 is 2.62 bits per heavy atom. The van der Waals surface area contributed by atoms with Gasteiger partial charge < -0.3 is 5.11 Å². The molecule has 1 unspecified atom stereocenters. The van der Waals surface area contributed by atoms with Gasteiger partial charge >= 0.3 is 5.97 Å². The minimum Gasteiger partial charge on any atom is -0.481 e. The third-order valence-corrected chi connectivity index (χ3v) is 6.49. The summed E-state index contributed by atoms with van der Waals surface area (Å²) < 4.78 is 40.1. The predicted octanol–water partition coefficient (Wildman–Crippen LogP) is 3.02. The van der Waals surface area contributed by atoms with E-state index in [-0.39, 0.29) is 17.2 Å². The zero-order valence-electron chi connectivity index (χ0n) is 14.1. The van der Waals surface area contributed by atoms with Crippen LogP contribution in [0.15, 0.2) is 53.4 Å². The Hall–Kier alpha value is -2.25. The van der Waals surface area contributed by atoms with E-state index in [1.807, 2.05) is 12.1 Å². The standard InChI is InChI=1S/C19H20FNO4S/c20-17-6-8-18(9-7-17)26(24,25)21-10-2-5-16(13-21)15-4-1-3-14(11-15)12-19(22)23/h1,3-4,6-9,11,16H,2,5,10,12-13H2,(H,22,23). The normalized spacial score (nSPS) is 18.6. The zero-order valence-corrected chi connectivity index (χ0v) is 15.0. The lowest BCUT2D eigenvalue weighted by Crippen LogP contribution is -2.39. The Balaban J connectivity index is 1.81. The van der Waals surface area contributed by atoms with Gasteiger partial charge in [0.25, 0.3) is 0 Å². The molecule has 0 aromatic heterocycles. The van der Waals surface area contributed by atoms with E-state index in [0.717, 1.165) is 24.1 Å². The average Bonchev–Trinajstić information content (AvgIpc) is 2.62. The minimum atomic E-state index is -3.68. The lowest BCUT2D eigenvalue weighted by Gasteiger charge is -2.32. The number of piperidine rings is 1. The van der Waals surface area contributed by atoms with Crippen molar-refractivity contribution in [2.24, 2.45) is 0 Å². The fourth-order valence-corrected chi connectivity index (χ4v) is 4.84. The van der Waals surface area contributed by atoms with Crippen molar-refractivity contribution in [1.29, 1.82) is 0 Å². The molecule has 1 aliphatic heterocycles. The van der Waals surface area contributed by atoms with Gasteiger partial charge in [0, 0.05) is 13.1 Å². The highest BCUT2D eigenvalue weighted by atomic mass is 32.2. The molecule has 3 rings (SSSR count). The number of benzene rings is 2. The first-order valence-electron chi connectivity index (χ1n) is 8.42. The maximum atomic E-state index is 13.1. The molecule has 5 nitrogen and oxygen atoms in total. The maximum Gasteiger partial charge on any atom is 0.307 e. The summed E-state index contributed by atoms with van der Waals surface area (Å²) >= 11 is 0. The average molecular weight is 377 g/mol. The van der Waals surface area contributed by atoms with Crippen molar-refractivity contribution in [2.45, 2.75) is 30.1 Å². The van der Waals surface area contributed by atoms with Gasteiger partial charge in [-0.25, -0.2) is 12.8 Å². The maximum absolute atomic E-state index is 13.1. The molecule has 1 heterocycles. The number of rotatable bonds is 5. The third-order valence-electron chi connectivity index (χ3n) is 4.61. The first-order chi connectivity index (χ1) is 12.4. The van der Waals surface area contributed by atoms with Gasteiger partial charge in [-0.1, -0.05) is 24.3 Å². The molecule has 1 N–H and O–H groups in total. The van der Waals surface area contributed by atoms with Crippen molar-refractivity contribution in [1.82, 2.24) is 4.31 Å². The van der Waals surface area contributed by atoms with Gasteiger partial charge in [-0.05, 0) is 54.2 Å². The summed E-state index contributed by atoms with van der Waals surface area (Å²) in [6.45, 7) is 0.751. The van der Waals surface area contributed by atoms with Crippen molar-refractivity contribution in [3.05, 3.63) is 65.5 Å². The lowest BCUT2D eigenvalue weighted by molar-refractivity contribution is -0.136. The van der Waals surface area contributed by atoms with E-state index >= 15 is 0 Å². The molecule has 138 valence electrons. The molecule has 2 aromatic carbocycles. The van der Waals surface area contributed by atoms with E-state index in [4.69, 9.17) is 5.11 Å². The zero-order chi connectivity index (χ0) is 18.7. The van der Waals surface area contributed by atoms with Crippen LogP contribution in [0.1, 0.15) is 29.9 Å². The molecular weight excluding hydrogens is 357 g/mol. The summed E-state index contributed by atoms with van der Waals surface area (Å²) in [5.41, 5.74) is 1.65. The van der Waals surface area contributed by atoms with Gasteiger partial charge in [0.1, 0.15) is 5.82 Å². The van der Waals surface area contributed by atoms with E-state index in [0.29, 0.717) is 25.1 Å². The van der Waals surface area contributed by atoms with Crippen LogP contribution in [-0.4, -0.2) is 36.9 Å². The van der Waals surface area contributed by atoms with Crippen LogP contribution >= 0.6 is 0 Å². The van der Waals surface area contributed by atoms with Crippen molar-refractivity contribution in [3.8, 4) is 0 Å². The van der Waals surface area contributed by atoms with Crippen molar-refractivity contribution in [3.63, 3.8) is 0 Å². The van der Waals surface area contributed by atoms with Crippen LogP contribution in [0, 0.1) is 5.82 Å². The molecule has 0 amide bonds. The number of hydrogen-bond donors (Lipinski definition) is 1. The van der Waals surface area contributed by atoms with E-state index < -0.39 is 21.8 Å². The van der Waals surface area contributed by atoms with Crippen LogP contribution in [0.2, 0.25) is 0 Å². The van der Waals surface area contributed by atoms with Crippen molar-refractivity contribution < 1.29 is 22.7 Å². The Labute approximate surface area is 152 Å². The van der Waals surface area contributed by atoms with Crippen LogP contribution in [0.5, 0.6) is 0 Å². The van der Waals surface area contributed by atoms with E-state index in [2.05, 4.69) is 0 Å². The molecule has 7 heteroatoms. The third kappa shape index (κ3) is 4.11. The predicted molar refractivity (Wildman–Crippen MR) is 94.9 cm³/mol. The lowest BCUT2D eigenvalue weighted by atomic mass is 9.90. The van der Waals surface area contributed by atoms with Crippen LogP contribution in [0.3, 0.4) is 0 Å². The second-order valence-corrected chi connectivity index (χ2v) is 8.41. The topological polar surface area (TPSA) is 74.7 Å². The summed E-state index contributed by atoms with van der Waals surface area (Å²) in [6.07, 6.45) is 1.50. The molecule has 0 bridgehead atoms. The van der Waals surface area contributed by atoms with Gasteiger partial charge in [0.2, 0.25) is 10.0 Å². The number of carboxylic acid groups (broad SMARTS) is 1. The van der Waals surface area contributed by atoms with Gasteiger partial charge in [-0.15, -0.1) is 0 Å². The number of sulfonamides is 1. The SMILES string of the molecule is O=C(O)Cc1cccc(C2CCCN(S(=O)(=O)c3ccc(F)cc3)C2)c1. The molecule has 2 aromatic rings. The molecule has 26 heavy (non-hydrogen) atoms. The number of carbonyl (C=O) groups is 1. The Morgan fingerprint density at radius 2 is 1.92 bits per heavy atom. The van der Waals surface area contributed by atoms with Gasteiger partial charge in [0.15, 0.2) is 0 Å². The van der Waals surface area contributed by atoms with Crippen molar-refractivity contribution >= 4 is 16.0 Å². The highest BCUT2D eigenvalue weighted by Crippen LogP contribution is 2.30. The second-order valence-electron chi connectivity index (χ2n) is 6.47. The van der Waals surface area contributed by atoms with E-state index in [1.165, 1.54) is 16.4 Å². The summed E-state index contributed by atoms with van der Waals surface area (Å²) in [4.78, 5) is 11.0. The molecule has 0 aliphatic carbocycles. The molecule has 1 saturated heterocycles. The summed E-state index contributed by atoms with van der Waals surface area (Å²) in [6, 6.07) is 12.2. The first kappa shape index (κ1) is 18.5.